The Hall–Kier alpha value is -3.91. The molecule has 3 heterocycles. The van der Waals surface area contributed by atoms with E-state index in [9.17, 15) is 5.26 Å². The second-order valence-electron chi connectivity index (χ2n) is 8.08. The van der Waals surface area contributed by atoms with Crippen molar-refractivity contribution in [3.63, 3.8) is 0 Å². The number of imidazole rings is 1. The van der Waals surface area contributed by atoms with Gasteiger partial charge in [-0.1, -0.05) is 37.3 Å². The van der Waals surface area contributed by atoms with E-state index < -0.39 is 0 Å². The molecular formula is C27H24N4O. The SMILES string of the molecule is CCCc1nc2ccccc2n1Cc1ccc2c(c1)OCc1ncccc1/C2=C(\C)C#N. The van der Waals surface area contributed by atoms with Gasteiger partial charge in [-0.2, -0.15) is 5.26 Å². The number of para-hydroxylation sites is 2. The predicted molar refractivity (Wildman–Crippen MR) is 125 cm³/mol. The summed E-state index contributed by atoms with van der Waals surface area (Å²) >= 11 is 0. The number of pyridine rings is 1. The summed E-state index contributed by atoms with van der Waals surface area (Å²) in [4.78, 5) is 9.35. The molecule has 5 heteroatoms. The van der Waals surface area contributed by atoms with Gasteiger partial charge >= 0.3 is 0 Å². The van der Waals surface area contributed by atoms with Crippen LogP contribution in [-0.2, 0) is 19.6 Å². The topological polar surface area (TPSA) is 63.7 Å². The summed E-state index contributed by atoms with van der Waals surface area (Å²) in [6.07, 6.45) is 3.75. The van der Waals surface area contributed by atoms with Crippen LogP contribution >= 0.6 is 0 Å². The zero-order valence-electron chi connectivity index (χ0n) is 18.3. The van der Waals surface area contributed by atoms with Crippen LogP contribution in [0.1, 0.15) is 48.5 Å². The molecular weight excluding hydrogens is 396 g/mol. The van der Waals surface area contributed by atoms with Crippen LogP contribution in [0.15, 0.2) is 66.4 Å². The molecule has 32 heavy (non-hydrogen) atoms. The van der Waals surface area contributed by atoms with Crippen molar-refractivity contribution >= 4 is 16.6 Å². The van der Waals surface area contributed by atoms with Crippen molar-refractivity contribution in [1.29, 1.82) is 5.26 Å². The number of rotatable bonds is 4. The molecule has 2 aromatic carbocycles. The highest BCUT2D eigenvalue weighted by atomic mass is 16.5. The maximum Gasteiger partial charge on any atom is 0.131 e. The Balaban J connectivity index is 1.60. The molecule has 2 aromatic heterocycles. The Bertz CT molecular complexity index is 1390. The van der Waals surface area contributed by atoms with E-state index in [-0.39, 0.29) is 0 Å². The van der Waals surface area contributed by atoms with Crippen molar-refractivity contribution in [1.82, 2.24) is 14.5 Å². The van der Waals surface area contributed by atoms with E-state index in [1.165, 1.54) is 0 Å². The normalized spacial score (nSPS) is 14.2. The van der Waals surface area contributed by atoms with Gasteiger partial charge in [-0.05, 0) is 43.2 Å². The van der Waals surface area contributed by atoms with Gasteiger partial charge in [0.1, 0.15) is 18.2 Å². The summed E-state index contributed by atoms with van der Waals surface area (Å²) < 4.78 is 8.49. The van der Waals surface area contributed by atoms with Gasteiger partial charge in [-0.3, -0.25) is 4.98 Å². The lowest BCUT2D eigenvalue weighted by Gasteiger charge is -2.14. The van der Waals surface area contributed by atoms with Crippen LogP contribution in [-0.4, -0.2) is 14.5 Å². The molecule has 0 radical (unpaired) electrons. The second kappa shape index (κ2) is 8.32. The van der Waals surface area contributed by atoms with Crippen LogP contribution in [0.3, 0.4) is 0 Å². The van der Waals surface area contributed by atoms with Gasteiger partial charge in [-0.15, -0.1) is 0 Å². The highest BCUT2D eigenvalue weighted by molar-refractivity contribution is 5.88. The number of fused-ring (bicyclic) bond motifs is 3. The Kier molecular flexibility index (Phi) is 5.20. The van der Waals surface area contributed by atoms with Gasteiger partial charge in [0.25, 0.3) is 0 Å². The maximum absolute atomic E-state index is 9.66. The molecule has 1 aliphatic heterocycles. The fraction of sp³-hybridized carbons (Fsp3) is 0.222. The van der Waals surface area contributed by atoms with Crippen molar-refractivity contribution in [2.45, 2.75) is 39.8 Å². The molecule has 0 unspecified atom stereocenters. The summed E-state index contributed by atoms with van der Waals surface area (Å²) in [5, 5.41) is 9.66. The van der Waals surface area contributed by atoms with Crippen LogP contribution in [0, 0.1) is 11.3 Å². The van der Waals surface area contributed by atoms with E-state index in [1.54, 1.807) is 6.20 Å². The van der Waals surface area contributed by atoms with Crippen LogP contribution in [0.4, 0.5) is 0 Å². The molecule has 0 atom stereocenters. The second-order valence-corrected chi connectivity index (χ2v) is 8.08. The van der Waals surface area contributed by atoms with Gasteiger partial charge in [0.05, 0.1) is 22.8 Å². The lowest BCUT2D eigenvalue weighted by atomic mass is 9.92. The smallest absolute Gasteiger partial charge is 0.131 e. The van der Waals surface area contributed by atoms with Crippen molar-refractivity contribution in [3.05, 3.63) is 94.6 Å². The van der Waals surface area contributed by atoms with Gasteiger partial charge in [0.2, 0.25) is 0 Å². The molecule has 5 nitrogen and oxygen atoms in total. The van der Waals surface area contributed by atoms with E-state index in [1.807, 2.05) is 25.1 Å². The van der Waals surface area contributed by atoms with E-state index >= 15 is 0 Å². The lowest BCUT2D eigenvalue weighted by Crippen LogP contribution is -2.06. The summed E-state index contributed by atoms with van der Waals surface area (Å²) in [5.41, 5.74) is 7.60. The molecule has 0 N–H and O–H groups in total. The van der Waals surface area contributed by atoms with E-state index in [2.05, 4.69) is 58.9 Å². The molecule has 158 valence electrons. The van der Waals surface area contributed by atoms with Crippen molar-refractivity contribution in [3.8, 4) is 11.8 Å². The molecule has 0 aliphatic carbocycles. The third kappa shape index (κ3) is 3.44. The third-order valence-corrected chi connectivity index (χ3v) is 5.93. The van der Waals surface area contributed by atoms with Gasteiger partial charge in [0, 0.05) is 41.4 Å². The number of aryl methyl sites for hydroxylation is 1. The largest absolute Gasteiger partial charge is 0.487 e. The lowest BCUT2D eigenvalue weighted by molar-refractivity contribution is 0.302. The molecule has 0 amide bonds. The predicted octanol–water partition coefficient (Wildman–Crippen LogP) is 5.67. The summed E-state index contributed by atoms with van der Waals surface area (Å²) in [5.74, 6) is 1.88. The minimum Gasteiger partial charge on any atom is -0.487 e. The average molecular weight is 421 g/mol. The van der Waals surface area contributed by atoms with Gasteiger partial charge < -0.3 is 9.30 Å². The summed E-state index contributed by atoms with van der Waals surface area (Å²) in [7, 11) is 0. The van der Waals surface area contributed by atoms with Crippen LogP contribution in [0.5, 0.6) is 5.75 Å². The van der Waals surface area contributed by atoms with Gasteiger partial charge in [-0.25, -0.2) is 4.98 Å². The zero-order valence-corrected chi connectivity index (χ0v) is 18.3. The van der Waals surface area contributed by atoms with Crippen molar-refractivity contribution in [2.75, 3.05) is 0 Å². The maximum atomic E-state index is 9.66. The number of ether oxygens (including phenoxy) is 1. The molecule has 0 bridgehead atoms. The number of benzene rings is 2. The van der Waals surface area contributed by atoms with Crippen LogP contribution < -0.4 is 4.74 Å². The summed E-state index contributed by atoms with van der Waals surface area (Å²) in [6.45, 7) is 5.12. The Morgan fingerprint density at radius 3 is 2.84 bits per heavy atom. The first-order valence-corrected chi connectivity index (χ1v) is 10.9. The molecule has 4 aromatic rings. The molecule has 0 fully saturated rings. The molecule has 0 saturated carbocycles. The standard InChI is InChI=1S/C27H24N4O/c1-3-7-26-30-22-9-4-5-10-24(22)31(26)16-19-11-12-21-25(14-19)32-17-23-20(8-6-13-29-23)27(21)18(2)15-28/h4-6,8-14H,3,7,16-17H2,1-2H3/b27-18-. The van der Waals surface area contributed by atoms with Crippen LogP contribution in [0.2, 0.25) is 0 Å². The summed E-state index contributed by atoms with van der Waals surface area (Å²) in [6, 6.07) is 20.8. The van der Waals surface area contributed by atoms with E-state index in [0.29, 0.717) is 18.7 Å². The third-order valence-electron chi connectivity index (χ3n) is 5.93. The minimum atomic E-state index is 0.379. The highest BCUT2D eigenvalue weighted by Crippen LogP contribution is 2.38. The number of hydrogen-bond donors (Lipinski definition) is 0. The van der Waals surface area contributed by atoms with Gasteiger partial charge in [0.15, 0.2) is 0 Å². The van der Waals surface area contributed by atoms with Crippen molar-refractivity contribution < 1.29 is 4.74 Å². The molecule has 5 rings (SSSR count). The quantitative estimate of drug-likeness (QED) is 0.399. The van der Waals surface area contributed by atoms with E-state index in [4.69, 9.17) is 9.72 Å². The Labute approximate surface area is 187 Å². The average Bonchev–Trinajstić information content (AvgIpc) is 3.07. The van der Waals surface area contributed by atoms with Crippen LogP contribution in [0.25, 0.3) is 16.6 Å². The number of hydrogen-bond acceptors (Lipinski definition) is 4. The number of aromatic nitrogens is 3. The van der Waals surface area contributed by atoms with Crippen molar-refractivity contribution in [2.24, 2.45) is 0 Å². The monoisotopic (exact) mass is 420 g/mol. The first-order chi connectivity index (χ1) is 15.7. The van der Waals surface area contributed by atoms with E-state index in [0.717, 1.165) is 63.4 Å². The number of nitrogens with zero attached hydrogens (tertiary/aromatic N) is 4. The molecule has 0 spiro atoms. The fourth-order valence-electron chi connectivity index (χ4n) is 4.42. The molecule has 1 aliphatic rings. The Morgan fingerprint density at radius 1 is 1.12 bits per heavy atom. The fourth-order valence-corrected chi connectivity index (χ4v) is 4.42. The number of allylic oxidation sites excluding steroid dienone is 1. The first-order valence-electron chi connectivity index (χ1n) is 10.9. The minimum absolute atomic E-state index is 0.379. The Morgan fingerprint density at radius 2 is 2.00 bits per heavy atom. The highest BCUT2D eigenvalue weighted by Gasteiger charge is 2.22. The number of nitriles is 1. The molecule has 0 saturated heterocycles. The first kappa shape index (κ1) is 20.0. The zero-order chi connectivity index (χ0) is 22.1.